The predicted molar refractivity (Wildman–Crippen MR) is 122 cm³/mol. The number of dihydropyridines is 1. The van der Waals surface area contributed by atoms with E-state index in [2.05, 4.69) is 30.8 Å². The van der Waals surface area contributed by atoms with Crippen molar-refractivity contribution in [2.45, 2.75) is 37.5 Å². The number of hydrogen-bond donors (Lipinski definition) is 2. The van der Waals surface area contributed by atoms with Crippen LogP contribution in [-0.2, 0) is 15.4 Å². The van der Waals surface area contributed by atoms with Gasteiger partial charge < -0.3 is 5.32 Å². The maximum absolute atomic E-state index is 13.0. The van der Waals surface area contributed by atoms with Crippen LogP contribution < -0.4 is 10.0 Å². The summed E-state index contributed by atoms with van der Waals surface area (Å²) >= 11 is 6.08. The van der Waals surface area contributed by atoms with Crippen molar-refractivity contribution in [2.24, 2.45) is 0 Å². The van der Waals surface area contributed by atoms with Crippen LogP contribution in [0.25, 0.3) is 0 Å². The highest BCUT2D eigenvalue weighted by Gasteiger charge is 2.23. The van der Waals surface area contributed by atoms with E-state index < -0.39 is 10.0 Å². The quantitative estimate of drug-likeness (QED) is 0.585. The highest BCUT2D eigenvalue weighted by molar-refractivity contribution is 7.92. The van der Waals surface area contributed by atoms with Gasteiger partial charge in [0, 0.05) is 22.7 Å². The minimum Gasteiger partial charge on any atom is -0.387 e. The van der Waals surface area contributed by atoms with E-state index in [9.17, 15) is 13.2 Å². The summed E-state index contributed by atoms with van der Waals surface area (Å²) in [5.41, 5.74) is 1.89. The molecule has 0 saturated carbocycles. The topological polar surface area (TPSA) is 75.3 Å². The second kappa shape index (κ2) is 8.66. The minimum absolute atomic E-state index is 0.0401. The van der Waals surface area contributed by atoms with Crippen LogP contribution in [0.5, 0.6) is 0 Å². The second-order valence-corrected chi connectivity index (χ2v) is 9.91. The Bertz CT molecular complexity index is 1120. The molecule has 3 rings (SSSR count). The highest BCUT2D eigenvalue weighted by atomic mass is 35.5. The normalized spacial score (nSPS) is 14.1. The molecular weight excluding hydrogens is 420 g/mol. The van der Waals surface area contributed by atoms with Crippen molar-refractivity contribution in [3.8, 4) is 0 Å². The van der Waals surface area contributed by atoms with E-state index in [1.165, 1.54) is 12.1 Å². The Kier molecular flexibility index (Phi) is 6.38. The molecule has 2 aromatic carbocycles. The van der Waals surface area contributed by atoms with Gasteiger partial charge in [-0.2, -0.15) is 0 Å². The predicted octanol–water partition coefficient (Wildman–Crippen LogP) is 5.05. The number of rotatable bonds is 7. The molecule has 0 radical (unpaired) electrons. The zero-order chi connectivity index (χ0) is 21.9. The molecular formula is C23H25ClN2O3S. The summed E-state index contributed by atoms with van der Waals surface area (Å²) in [5.74, 6) is -0.298. The summed E-state index contributed by atoms with van der Waals surface area (Å²) in [7, 11) is -3.88. The molecule has 2 aromatic rings. The van der Waals surface area contributed by atoms with Gasteiger partial charge in [-0.05, 0) is 60.0 Å². The Hall–Kier alpha value is -2.57. The molecule has 2 N–H and O–H groups in total. The Morgan fingerprint density at radius 1 is 1.17 bits per heavy atom. The highest BCUT2D eigenvalue weighted by Crippen LogP contribution is 2.29. The summed E-state index contributed by atoms with van der Waals surface area (Å²) in [6.45, 7) is 6.85. The van der Waals surface area contributed by atoms with E-state index in [1.54, 1.807) is 36.6 Å². The monoisotopic (exact) mass is 444 g/mol. The lowest BCUT2D eigenvalue weighted by Gasteiger charge is -2.23. The average molecular weight is 445 g/mol. The molecule has 5 nitrogen and oxygen atoms in total. The van der Waals surface area contributed by atoms with Crippen LogP contribution in [0.15, 0.2) is 71.3 Å². The lowest BCUT2D eigenvalue weighted by molar-refractivity contribution is 0.103. The van der Waals surface area contributed by atoms with Crippen molar-refractivity contribution in [3.05, 3.63) is 82.5 Å². The van der Waals surface area contributed by atoms with Gasteiger partial charge in [0.1, 0.15) is 0 Å². The molecule has 1 aliphatic rings. The number of nitrogens with one attached hydrogen (secondary N) is 2. The molecule has 0 saturated heterocycles. The first-order chi connectivity index (χ1) is 14.1. The molecule has 0 amide bonds. The van der Waals surface area contributed by atoms with Crippen molar-refractivity contribution in [1.29, 1.82) is 0 Å². The number of ketones is 1. The number of halogens is 1. The molecule has 30 heavy (non-hydrogen) atoms. The van der Waals surface area contributed by atoms with Gasteiger partial charge in [0.15, 0.2) is 5.78 Å². The van der Waals surface area contributed by atoms with Crippen molar-refractivity contribution in [2.75, 3.05) is 11.3 Å². The Morgan fingerprint density at radius 3 is 2.47 bits per heavy atom. The van der Waals surface area contributed by atoms with Gasteiger partial charge in [0.05, 0.1) is 10.6 Å². The van der Waals surface area contributed by atoms with Crippen LogP contribution in [0, 0.1) is 0 Å². The van der Waals surface area contributed by atoms with Gasteiger partial charge in [-0.25, -0.2) is 8.42 Å². The number of Topliss-reactive ketones (excluding diaryl/α,β-unsaturated/α-hetero) is 1. The number of carbonyl (C=O) groups excluding carboxylic acids is 1. The van der Waals surface area contributed by atoms with Gasteiger partial charge >= 0.3 is 0 Å². The Labute approximate surface area is 182 Å². The number of anilines is 1. The third-order valence-corrected chi connectivity index (χ3v) is 7.00. The van der Waals surface area contributed by atoms with Crippen molar-refractivity contribution < 1.29 is 13.2 Å². The summed E-state index contributed by atoms with van der Waals surface area (Å²) in [5, 5.41) is 3.33. The number of sulfonamides is 1. The number of allylic oxidation sites excluding steroid dienone is 2. The van der Waals surface area contributed by atoms with E-state index in [0.29, 0.717) is 17.1 Å². The maximum atomic E-state index is 13.0. The van der Waals surface area contributed by atoms with Gasteiger partial charge in [-0.3, -0.25) is 9.52 Å². The Balaban J connectivity index is 1.93. The van der Waals surface area contributed by atoms with E-state index in [1.807, 2.05) is 12.1 Å². The number of carbonyl (C=O) groups is 1. The summed E-state index contributed by atoms with van der Waals surface area (Å²) in [4.78, 5) is 13.1. The van der Waals surface area contributed by atoms with Crippen molar-refractivity contribution in [3.63, 3.8) is 0 Å². The third-order valence-electron chi connectivity index (χ3n) is 5.38. The van der Waals surface area contributed by atoms with Crippen LogP contribution in [0.1, 0.15) is 43.1 Å². The maximum Gasteiger partial charge on any atom is 0.261 e. The first-order valence-corrected chi connectivity index (χ1v) is 11.6. The van der Waals surface area contributed by atoms with Crippen LogP contribution >= 0.6 is 11.6 Å². The molecule has 0 fully saturated rings. The molecule has 158 valence electrons. The fourth-order valence-electron chi connectivity index (χ4n) is 3.06. The van der Waals surface area contributed by atoms with E-state index in [-0.39, 0.29) is 27.3 Å². The van der Waals surface area contributed by atoms with E-state index >= 15 is 0 Å². The molecule has 1 heterocycles. The smallest absolute Gasteiger partial charge is 0.261 e. The number of hydrogen-bond acceptors (Lipinski definition) is 4. The standard InChI is InChI=1S/C23H25ClN2O3S/c1-4-23(2,3)17-5-8-19(9-6-17)30(28,29)26-21-10-7-18(24)15-20(21)22(27)16-11-13-25-14-12-16/h5-13,15,25-26H,4,14H2,1-3H3. The summed E-state index contributed by atoms with van der Waals surface area (Å²) < 4.78 is 28.5. The van der Waals surface area contributed by atoms with Crippen LogP contribution in [0.4, 0.5) is 5.69 Å². The third kappa shape index (κ3) is 4.77. The lowest BCUT2D eigenvalue weighted by atomic mass is 9.82. The van der Waals surface area contributed by atoms with Crippen LogP contribution in [0.2, 0.25) is 5.02 Å². The van der Waals surface area contributed by atoms with Gasteiger partial charge in [-0.1, -0.05) is 50.6 Å². The van der Waals surface area contributed by atoms with Crippen molar-refractivity contribution in [1.82, 2.24) is 5.32 Å². The van der Waals surface area contributed by atoms with Gasteiger partial charge in [0.25, 0.3) is 10.0 Å². The van der Waals surface area contributed by atoms with Gasteiger partial charge in [0.2, 0.25) is 0 Å². The van der Waals surface area contributed by atoms with Crippen LogP contribution in [-0.4, -0.2) is 20.7 Å². The molecule has 0 spiro atoms. The average Bonchev–Trinajstić information content (AvgIpc) is 2.75. The Morgan fingerprint density at radius 2 is 1.87 bits per heavy atom. The van der Waals surface area contributed by atoms with Crippen molar-refractivity contribution >= 4 is 33.1 Å². The fourth-order valence-corrected chi connectivity index (χ4v) is 4.32. The molecule has 0 atom stereocenters. The zero-order valence-electron chi connectivity index (χ0n) is 17.2. The van der Waals surface area contributed by atoms with E-state index in [4.69, 9.17) is 11.6 Å². The number of benzene rings is 2. The summed E-state index contributed by atoms with van der Waals surface area (Å²) in [6.07, 6.45) is 6.02. The summed E-state index contributed by atoms with van der Waals surface area (Å²) in [6, 6.07) is 11.4. The lowest BCUT2D eigenvalue weighted by Crippen LogP contribution is -2.18. The largest absolute Gasteiger partial charge is 0.387 e. The SMILES string of the molecule is CCC(C)(C)c1ccc(S(=O)(=O)Nc2ccc(Cl)cc2C(=O)C2=CCNC=C2)cc1. The molecule has 0 aromatic heterocycles. The molecule has 7 heteroatoms. The molecule has 0 unspecified atom stereocenters. The first-order valence-electron chi connectivity index (χ1n) is 9.72. The minimum atomic E-state index is -3.88. The van der Waals surface area contributed by atoms with E-state index in [0.717, 1.165) is 12.0 Å². The zero-order valence-corrected chi connectivity index (χ0v) is 18.8. The molecule has 1 aliphatic heterocycles. The second-order valence-electron chi connectivity index (χ2n) is 7.79. The van der Waals surface area contributed by atoms with Crippen LogP contribution in [0.3, 0.4) is 0 Å². The molecule has 0 aliphatic carbocycles. The van der Waals surface area contributed by atoms with Gasteiger partial charge in [-0.15, -0.1) is 0 Å². The first kappa shape index (κ1) is 22.1. The molecule has 0 bridgehead atoms. The fraction of sp³-hybridized carbons (Fsp3) is 0.261.